The van der Waals surface area contributed by atoms with Gasteiger partial charge in [0.15, 0.2) is 11.5 Å². The lowest BCUT2D eigenvalue weighted by Gasteiger charge is -2.11. The highest BCUT2D eigenvalue weighted by molar-refractivity contribution is 6.06. The van der Waals surface area contributed by atoms with Crippen molar-refractivity contribution in [2.24, 2.45) is 0 Å². The normalized spacial score (nSPS) is 10.9. The molecule has 3 heterocycles. The molecule has 0 saturated heterocycles. The minimum absolute atomic E-state index is 0.311. The van der Waals surface area contributed by atoms with Crippen LogP contribution in [0, 0.1) is 6.92 Å². The number of amides is 1. The lowest BCUT2D eigenvalue weighted by molar-refractivity contribution is 0.102. The minimum Gasteiger partial charge on any atom is -0.496 e. The van der Waals surface area contributed by atoms with Gasteiger partial charge >= 0.3 is 0 Å². The van der Waals surface area contributed by atoms with Crippen LogP contribution in [0.1, 0.15) is 16.1 Å². The van der Waals surface area contributed by atoms with Crippen LogP contribution in [0.15, 0.2) is 73.2 Å². The van der Waals surface area contributed by atoms with Crippen LogP contribution in [0.2, 0.25) is 0 Å². The van der Waals surface area contributed by atoms with Crippen LogP contribution >= 0.6 is 0 Å². The van der Waals surface area contributed by atoms with Crippen molar-refractivity contribution in [1.29, 1.82) is 0 Å². The molecule has 2 aromatic carbocycles. The van der Waals surface area contributed by atoms with Gasteiger partial charge in [0.05, 0.1) is 35.6 Å². The standard InChI is InChI=1S/C23H19N7O2/c1-15-12-20(27-23(31)17-10-6-7-11-19(17)32-2)30(28-15)22-18-13-26-29(21(18)24-14-25-22)16-8-4-3-5-9-16/h3-14H,1-2H3,(H,27,31). The molecule has 0 fully saturated rings. The Morgan fingerprint density at radius 2 is 1.78 bits per heavy atom. The second-order valence-electron chi connectivity index (χ2n) is 7.06. The van der Waals surface area contributed by atoms with E-state index in [0.29, 0.717) is 34.0 Å². The fourth-order valence-electron chi connectivity index (χ4n) is 3.52. The predicted molar refractivity (Wildman–Crippen MR) is 119 cm³/mol. The van der Waals surface area contributed by atoms with E-state index < -0.39 is 0 Å². The number of nitrogens with one attached hydrogen (secondary N) is 1. The van der Waals surface area contributed by atoms with Crippen LogP contribution in [-0.2, 0) is 0 Å². The van der Waals surface area contributed by atoms with Crippen molar-refractivity contribution in [3.8, 4) is 17.3 Å². The molecule has 3 aromatic heterocycles. The minimum atomic E-state index is -0.311. The summed E-state index contributed by atoms with van der Waals surface area (Å²) in [5, 5.41) is 12.7. The summed E-state index contributed by atoms with van der Waals surface area (Å²) in [7, 11) is 1.53. The van der Waals surface area contributed by atoms with Gasteiger partial charge in [-0.3, -0.25) is 4.79 Å². The average Bonchev–Trinajstić information content (AvgIpc) is 3.42. The number of methoxy groups -OCH3 is 1. The molecule has 0 saturated carbocycles. The summed E-state index contributed by atoms with van der Waals surface area (Å²) >= 11 is 0. The molecule has 0 spiro atoms. The largest absolute Gasteiger partial charge is 0.496 e. The molecule has 32 heavy (non-hydrogen) atoms. The summed E-state index contributed by atoms with van der Waals surface area (Å²) in [5.74, 6) is 1.17. The highest BCUT2D eigenvalue weighted by Gasteiger charge is 2.19. The molecule has 0 radical (unpaired) electrons. The summed E-state index contributed by atoms with van der Waals surface area (Å²) in [6.07, 6.45) is 3.15. The van der Waals surface area contributed by atoms with Crippen molar-refractivity contribution in [2.45, 2.75) is 6.92 Å². The van der Waals surface area contributed by atoms with Gasteiger partial charge in [0.25, 0.3) is 5.91 Å². The van der Waals surface area contributed by atoms with Gasteiger partial charge < -0.3 is 10.1 Å². The van der Waals surface area contributed by atoms with Crippen LogP contribution in [0.5, 0.6) is 5.75 Å². The molecule has 5 aromatic rings. The lowest BCUT2D eigenvalue weighted by atomic mass is 10.2. The van der Waals surface area contributed by atoms with Crippen molar-refractivity contribution >= 4 is 22.8 Å². The zero-order chi connectivity index (χ0) is 22.1. The average molecular weight is 425 g/mol. The molecule has 0 aliphatic carbocycles. The molecular weight excluding hydrogens is 406 g/mol. The zero-order valence-electron chi connectivity index (χ0n) is 17.4. The van der Waals surface area contributed by atoms with Gasteiger partial charge in [-0.2, -0.15) is 14.9 Å². The van der Waals surface area contributed by atoms with E-state index in [1.54, 1.807) is 39.8 Å². The Morgan fingerprint density at radius 3 is 2.59 bits per heavy atom. The van der Waals surface area contributed by atoms with E-state index in [1.807, 2.05) is 43.3 Å². The third-order valence-electron chi connectivity index (χ3n) is 4.97. The highest BCUT2D eigenvalue weighted by Crippen LogP contribution is 2.25. The number of hydrogen-bond acceptors (Lipinski definition) is 6. The Balaban J connectivity index is 1.57. The Kier molecular flexibility index (Phi) is 4.83. The molecule has 0 atom stereocenters. The fourth-order valence-corrected chi connectivity index (χ4v) is 3.52. The zero-order valence-corrected chi connectivity index (χ0v) is 17.4. The number of aryl methyl sites for hydroxylation is 1. The first-order chi connectivity index (χ1) is 15.7. The fraction of sp³-hybridized carbons (Fsp3) is 0.0870. The Labute approximate surface area is 183 Å². The monoisotopic (exact) mass is 425 g/mol. The first kappa shape index (κ1) is 19.4. The molecule has 9 heteroatoms. The van der Waals surface area contributed by atoms with Crippen molar-refractivity contribution in [3.63, 3.8) is 0 Å². The predicted octanol–water partition coefficient (Wildman–Crippen LogP) is 3.57. The topological polar surface area (TPSA) is 99.8 Å². The molecule has 0 bridgehead atoms. The van der Waals surface area contributed by atoms with Gasteiger partial charge in [0, 0.05) is 6.07 Å². The van der Waals surface area contributed by atoms with Crippen LogP contribution in [0.3, 0.4) is 0 Å². The number of para-hydroxylation sites is 2. The summed E-state index contributed by atoms with van der Waals surface area (Å²) in [6.45, 7) is 1.85. The summed E-state index contributed by atoms with van der Waals surface area (Å²) in [6, 6.07) is 18.5. The van der Waals surface area contributed by atoms with Crippen molar-refractivity contribution in [1.82, 2.24) is 29.5 Å². The number of nitrogens with zero attached hydrogens (tertiary/aromatic N) is 6. The van der Waals surface area contributed by atoms with Crippen LogP contribution in [0.25, 0.3) is 22.5 Å². The second kappa shape index (κ2) is 7.95. The molecular formula is C23H19N7O2. The van der Waals surface area contributed by atoms with Gasteiger partial charge in [-0.1, -0.05) is 30.3 Å². The number of benzene rings is 2. The van der Waals surface area contributed by atoms with E-state index in [2.05, 4.69) is 25.5 Å². The maximum atomic E-state index is 13.0. The molecule has 1 amide bonds. The summed E-state index contributed by atoms with van der Waals surface area (Å²) in [4.78, 5) is 21.8. The van der Waals surface area contributed by atoms with Crippen molar-refractivity contribution in [2.75, 3.05) is 12.4 Å². The molecule has 5 rings (SSSR count). The SMILES string of the molecule is COc1ccccc1C(=O)Nc1cc(C)nn1-c1ncnc2c1cnn2-c1ccccc1. The number of aromatic nitrogens is 6. The van der Waals surface area contributed by atoms with Crippen LogP contribution in [0.4, 0.5) is 5.82 Å². The number of ether oxygens (including phenoxy) is 1. The van der Waals surface area contributed by atoms with E-state index in [1.165, 1.54) is 13.4 Å². The number of carbonyl (C=O) groups is 1. The van der Waals surface area contributed by atoms with Crippen LogP contribution in [-0.4, -0.2) is 42.5 Å². The van der Waals surface area contributed by atoms with E-state index >= 15 is 0 Å². The van der Waals surface area contributed by atoms with Gasteiger partial charge in [0.2, 0.25) is 0 Å². The van der Waals surface area contributed by atoms with Gasteiger partial charge in [-0.25, -0.2) is 14.6 Å². The molecule has 0 unspecified atom stereocenters. The molecule has 158 valence electrons. The Hall–Kier alpha value is -4.53. The van der Waals surface area contributed by atoms with E-state index in [-0.39, 0.29) is 5.91 Å². The third-order valence-corrected chi connectivity index (χ3v) is 4.97. The molecule has 9 nitrogen and oxygen atoms in total. The highest BCUT2D eigenvalue weighted by atomic mass is 16.5. The first-order valence-electron chi connectivity index (χ1n) is 9.91. The lowest BCUT2D eigenvalue weighted by Crippen LogP contribution is -2.16. The van der Waals surface area contributed by atoms with E-state index in [4.69, 9.17) is 4.74 Å². The van der Waals surface area contributed by atoms with Gasteiger partial charge in [0.1, 0.15) is 17.9 Å². The van der Waals surface area contributed by atoms with E-state index in [0.717, 1.165) is 11.4 Å². The maximum absolute atomic E-state index is 13.0. The number of hydrogen-bond donors (Lipinski definition) is 1. The quantitative estimate of drug-likeness (QED) is 0.462. The summed E-state index contributed by atoms with van der Waals surface area (Å²) in [5.41, 5.74) is 2.66. The molecule has 0 aliphatic heterocycles. The Morgan fingerprint density at radius 1 is 1.00 bits per heavy atom. The number of fused-ring (bicyclic) bond motifs is 1. The molecule has 1 N–H and O–H groups in total. The van der Waals surface area contributed by atoms with Crippen molar-refractivity contribution < 1.29 is 9.53 Å². The van der Waals surface area contributed by atoms with Gasteiger partial charge in [-0.05, 0) is 31.2 Å². The van der Waals surface area contributed by atoms with E-state index in [9.17, 15) is 4.79 Å². The number of anilines is 1. The van der Waals surface area contributed by atoms with Gasteiger partial charge in [-0.15, -0.1) is 0 Å². The summed E-state index contributed by atoms with van der Waals surface area (Å²) < 4.78 is 8.64. The molecule has 0 aliphatic rings. The smallest absolute Gasteiger partial charge is 0.260 e. The third kappa shape index (κ3) is 3.35. The number of rotatable bonds is 5. The van der Waals surface area contributed by atoms with Crippen LogP contribution < -0.4 is 10.1 Å². The Bertz CT molecular complexity index is 1420. The second-order valence-corrected chi connectivity index (χ2v) is 7.06. The maximum Gasteiger partial charge on any atom is 0.260 e. The number of carbonyl (C=O) groups excluding carboxylic acids is 1. The first-order valence-corrected chi connectivity index (χ1v) is 9.91. The van der Waals surface area contributed by atoms with Crippen molar-refractivity contribution in [3.05, 3.63) is 84.4 Å².